The van der Waals surface area contributed by atoms with Crippen LogP contribution in [-0.4, -0.2) is 4.92 Å². The molecule has 0 aliphatic heterocycles. The van der Waals surface area contributed by atoms with Crippen LogP contribution in [0.15, 0.2) is 42.5 Å². The van der Waals surface area contributed by atoms with E-state index in [2.05, 4.69) is 31.3 Å². The first-order valence-electron chi connectivity index (χ1n) is 6.57. The smallest absolute Gasteiger partial charge is 0.269 e. The van der Waals surface area contributed by atoms with E-state index in [4.69, 9.17) is 0 Å². The molecule has 0 aliphatic rings. The molecule has 2 aromatic carbocycles. The minimum atomic E-state index is -0.367. The molecule has 0 aromatic heterocycles. The molecule has 0 spiro atoms. The Kier molecular flexibility index (Phi) is 4.48. The van der Waals surface area contributed by atoms with Crippen molar-refractivity contribution in [3.8, 4) is 0 Å². The minimum Gasteiger partial charge on any atom is -0.309 e. The Hall–Kier alpha value is -2.20. The molecule has 2 aromatic rings. The van der Waals surface area contributed by atoms with Gasteiger partial charge in [0.15, 0.2) is 0 Å². The zero-order valence-corrected chi connectivity index (χ0v) is 11.7. The van der Waals surface area contributed by atoms with Crippen molar-refractivity contribution in [2.45, 2.75) is 26.9 Å². The summed E-state index contributed by atoms with van der Waals surface area (Å²) < 4.78 is 0. The molecule has 0 unspecified atom stereocenters. The highest BCUT2D eigenvalue weighted by molar-refractivity contribution is 5.35. The molecule has 0 aliphatic carbocycles. The molecule has 0 fully saturated rings. The van der Waals surface area contributed by atoms with Crippen LogP contribution in [0.2, 0.25) is 0 Å². The monoisotopic (exact) mass is 270 g/mol. The highest BCUT2D eigenvalue weighted by Crippen LogP contribution is 2.14. The van der Waals surface area contributed by atoms with Gasteiger partial charge in [-0.25, -0.2) is 0 Å². The summed E-state index contributed by atoms with van der Waals surface area (Å²) in [4.78, 5) is 10.3. The average Bonchev–Trinajstić information content (AvgIpc) is 2.44. The number of rotatable bonds is 5. The predicted molar refractivity (Wildman–Crippen MR) is 79.6 cm³/mol. The molecule has 20 heavy (non-hydrogen) atoms. The summed E-state index contributed by atoms with van der Waals surface area (Å²) >= 11 is 0. The third-order valence-electron chi connectivity index (χ3n) is 3.48. The molecule has 4 heteroatoms. The van der Waals surface area contributed by atoms with Crippen molar-refractivity contribution in [1.29, 1.82) is 0 Å². The highest BCUT2D eigenvalue weighted by Gasteiger charge is 2.05. The van der Waals surface area contributed by atoms with Gasteiger partial charge in [-0.15, -0.1) is 0 Å². The van der Waals surface area contributed by atoms with Crippen molar-refractivity contribution >= 4 is 5.69 Å². The van der Waals surface area contributed by atoms with E-state index in [-0.39, 0.29) is 10.6 Å². The van der Waals surface area contributed by atoms with Crippen molar-refractivity contribution in [1.82, 2.24) is 5.32 Å². The number of hydrogen-bond acceptors (Lipinski definition) is 3. The predicted octanol–water partition coefficient (Wildman–Crippen LogP) is 3.50. The number of nitro groups is 1. The van der Waals surface area contributed by atoms with Crippen molar-refractivity contribution < 1.29 is 4.92 Å². The second-order valence-corrected chi connectivity index (χ2v) is 4.89. The molecule has 0 bridgehead atoms. The Morgan fingerprint density at radius 3 is 2.60 bits per heavy atom. The van der Waals surface area contributed by atoms with Gasteiger partial charge in [0.2, 0.25) is 0 Å². The van der Waals surface area contributed by atoms with Crippen LogP contribution in [0.5, 0.6) is 0 Å². The number of nitrogens with one attached hydrogen (secondary N) is 1. The Balaban J connectivity index is 1.98. The van der Waals surface area contributed by atoms with Crippen LogP contribution in [-0.2, 0) is 13.1 Å². The Bertz CT molecular complexity index is 624. The van der Waals surface area contributed by atoms with Crippen molar-refractivity contribution in [2.75, 3.05) is 0 Å². The summed E-state index contributed by atoms with van der Waals surface area (Å²) in [5.41, 5.74) is 4.88. The summed E-state index contributed by atoms with van der Waals surface area (Å²) in [5, 5.41) is 14.0. The first-order chi connectivity index (χ1) is 9.58. The lowest BCUT2D eigenvalue weighted by molar-refractivity contribution is -0.384. The minimum absolute atomic E-state index is 0.135. The van der Waals surface area contributed by atoms with Crippen molar-refractivity contribution in [3.05, 3.63) is 74.8 Å². The summed E-state index contributed by atoms with van der Waals surface area (Å²) in [6, 6.07) is 13.0. The molecule has 0 saturated carbocycles. The zero-order valence-electron chi connectivity index (χ0n) is 11.7. The maximum atomic E-state index is 10.7. The molecule has 0 saturated heterocycles. The third-order valence-corrected chi connectivity index (χ3v) is 3.48. The lowest BCUT2D eigenvalue weighted by atomic mass is 10.0. The normalized spacial score (nSPS) is 10.5. The van der Waals surface area contributed by atoms with Crippen LogP contribution in [0.4, 0.5) is 5.69 Å². The van der Waals surface area contributed by atoms with Gasteiger partial charge >= 0.3 is 0 Å². The van der Waals surface area contributed by atoms with Gasteiger partial charge in [-0.2, -0.15) is 0 Å². The maximum Gasteiger partial charge on any atom is 0.269 e. The summed E-state index contributed by atoms with van der Waals surface area (Å²) in [7, 11) is 0. The fourth-order valence-electron chi connectivity index (χ4n) is 2.12. The first kappa shape index (κ1) is 14.2. The van der Waals surface area contributed by atoms with E-state index in [0.717, 1.165) is 12.1 Å². The summed E-state index contributed by atoms with van der Waals surface area (Å²) in [6.07, 6.45) is 0. The lowest BCUT2D eigenvalue weighted by Gasteiger charge is -2.10. The van der Waals surface area contributed by atoms with E-state index in [9.17, 15) is 10.1 Å². The van der Waals surface area contributed by atoms with Crippen LogP contribution in [0.3, 0.4) is 0 Å². The molecular weight excluding hydrogens is 252 g/mol. The second kappa shape index (κ2) is 6.30. The zero-order chi connectivity index (χ0) is 14.5. The molecule has 4 nitrogen and oxygen atoms in total. The molecule has 1 N–H and O–H groups in total. The summed E-state index contributed by atoms with van der Waals surface area (Å²) in [6.45, 7) is 5.59. The maximum absolute atomic E-state index is 10.7. The van der Waals surface area contributed by atoms with Gasteiger partial charge in [0, 0.05) is 25.2 Å². The van der Waals surface area contributed by atoms with Crippen molar-refractivity contribution in [2.24, 2.45) is 0 Å². The molecule has 0 radical (unpaired) electrons. The number of nitrogens with zero attached hydrogens (tertiary/aromatic N) is 1. The van der Waals surface area contributed by atoms with Crippen LogP contribution in [0.1, 0.15) is 22.3 Å². The van der Waals surface area contributed by atoms with Gasteiger partial charge in [0.1, 0.15) is 0 Å². The fraction of sp³-hybridized carbons (Fsp3) is 0.250. The first-order valence-corrected chi connectivity index (χ1v) is 6.57. The molecule has 104 valence electrons. The summed E-state index contributed by atoms with van der Waals surface area (Å²) in [5.74, 6) is 0. The largest absolute Gasteiger partial charge is 0.309 e. The van der Waals surface area contributed by atoms with Gasteiger partial charge in [0.05, 0.1) is 4.92 Å². The Labute approximate surface area is 118 Å². The SMILES string of the molecule is Cc1cccc(CNCc2cccc([N+](=O)[O-])c2)c1C. The van der Waals surface area contributed by atoms with Gasteiger partial charge in [0.25, 0.3) is 5.69 Å². The highest BCUT2D eigenvalue weighted by atomic mass is 16.6. The third kappa shape index (κ3) is 3.42. The van der Waals surface area contributed by atoms with Gasteiger partial charge in [-0.3, -0.25) is 10.1 Å². The number of hydrogen-bond donors (Lipinski definition) is 1. The van der Waals surface area contributed by atoms with E-state index in [1.54, 1.807) is 12.1 Å². The fourth-order valence-corrected chi connectivity index (χ4v) is 2.12. The van der Waals surface area contributed by atoms with Crippen LogP contribution in [0, 0.1) is 24.0 Å². The molecule has 0 heterocycles. The molecule has 0 atom stereocenters. The quantitative estimate of drug-likeness (QED) is 0.668. The standard InChI is InChI=1S/C16H18N2O2/c1-12-5-3-7-15(13(12)2)11-17-10-14-6-4-8-16(9-14)18(19)20/h3-9,17H,10-11H2,1-2H3. The van der Waals surface area contributed by atoms with E-state index >= 15 is 0 Å². The van der Waals surface area contributed by atoms with Gasteiger partial charge < -0.3 is 5.32 Å². The number of nitro benzene ring substituents is 1. The number of benzene rings is 2. The van der Waals surface area contributed by atoms with Gasteiger partial charge in [-0.1, -0.05) is 30.3 Å². The number of non-ortho nitro benzene ring substituents is 1. The topological polar surface area (TPSA) is 55.2 Å². The average molecular weight is 270 g/mol. The Morgan fingerprint density at radius 1 is 1.10 bits per heavy atom. The number of aryl methyl sites for hydroxylation is 1. The van der Waals surface area contributed by atoms with E-state index in [1.807, 2.05) is 12.1 Å². The molecule has 0 amide bonds. The van der Waals surface area contributed by atoms with Crippen LogP contribution in [0.25, 0.3) is 0 Å². The Morgan fingerprint density at radius 2 is 1.85 bits per heavy atom. The second-order valence-electron chi connectivity index (χ2n) is 4.89. The molecule has 2 rings (SSSR count). The lowest BCUT2D eigenvalue weighted by Crippen LogP contribution is -2.13. The van der Waals surface area contributed by atoms with E-state index < -0.39 is 0 Å². The van der Waals surface area contributed by atoms with Crippen LogP contribution < -0.4 is 5.32 Å². The van der Waals surface area contributed by atoms with Crippen molar-refractivity contribution in [3.63, 3.8) is 0 Å². The van der Waals surface area contributed by atoms with Crippen LogP contribution >= 0.6 is 0 Å². The van der Waals surface area contributed by atoms with E-state index in [0.29, 0.717) is 6.54 Å². The van der Waals surface area contributed by atoms with Gasteiger partial charge in [-0.05, 0) is 36.1 Å². The molecular formula is C16H18N2O2. The van der Waals surface area contributed by atoms with E-state index in [1.165, 1.54) is 22.8 Å².